The number of amides is 1. The summed E-state index contributed by atoms with van der Waals surface area (Å²) in [6.07, 6.45) is 4.50. The summed E-state index contributed by atoms with van der Waals surface area (Å²) in [6, 6.07) is 6.99. The number of hydrogen-bond acceptors (Lipinski definition) is 7. The number of primary amides is 1. The molecular formula is C26H33N5O3S. The van der Waals surface area contributed by atoms with Crippen molar-refractivity contribution in [1.82, 2.24) is 9.97 Å². The molecule has 1 aromatic heterocycles. The fourth-order valence-electron chi connectivity index (χ4n) is 6.19. The van der Waals surface area contributed by atoms with Gasteiger partial charge in [0.1, 0.15) is 23.1 Å². The zero-order chi connectivity index (χ0) is 24.3. The summed E-state index contributed by atoms with van der Waals surface area (Å²) in [4.78, 5) is 24.2. The average Bonchev–Trinajstić information content (AvgIpc) is 3.46. The van der Waals surface area contributed by atoms with Gasteiger partial charge in [-0.1, -0.05) is 6.07 Å². The molecule has 1 saturated carbocycles. The first-order valence-electron chi connectivity index (χ1n) is 12.6. The fraction of sp³-hybridized carbons (Fsp3) is 0.577. The van der Waals surface area contributed by atoms with Gasteiger partial charge in [0.2, 0.25) is 0 Å². The number of carbonyl (C=O) groups excluding carboxylic acids is 1. The van der Waals surface area contributed by atoms with Crippen LogP contribution in [0.2, 0.25) is 0 Å². The van der Waals surface area contributed by atoms with Crippen LogP contribution in [0.15, 0.2) is 23.1 Å². The topological polar surface area (TPSA) is 110 Å². The van der Waals surface area contributed by atoms with Crippen molar-refractivity contribution in [2.45, 2.75) is 62.3 Å². The third-order valence-corrected chi connectivity index (χ3v) is 9.53. The number of carbonyl (C=O) groups is 1. The maximum atomic E-state index is 12.7. The summed E-state index contributed by atoms with van der Waals surface area (Å²) < 4.78 is 17.8. The Balaban J connectivity index is 1.19. The van der Waals surface area contributed by atoms with Crippen LogP contribution in [0, 0.1) is 11.8 Å². The molecule has 2 aromatic rings. The van der Waals surface area contributed by atoms with Gasteiger partial charge in [-0.25, -0.2) is 14.8 Å². The Bertz CT molecular complexity index is 1200. The highest BCUT2D eigenvalue weighted by molar-refractivity contribution is 7.85. The zero-order valence-corrected chi connectivity index (χ0v) is 21.2. The van der Waals surface area contributed by atoms with Gasteiger partial charge in [0.15, 0.2) is 0 Å². The minimum atomic E-state index is -1.12. The number of aryl methyl sites for hydroxylation is 3. The first kappa shape index (κ1) is 22.8. The smallest absolute Gasteiger partial charge is 0.404 e. The number of hydrogen-bond donors (Lipinski definition) is 2. The van der Waals surface area contributed by atoms with E-state index in [1.807, 2.05) is 13.8 Å². The molecule has 3 heterocycles. The van der Waals surface area contributed by atoms with E-state index in [1.54, 1.807) is 0 Å². The summed E-state index contributed by atoms with van der Waals surface area (Å²) in [5.74, 6) is 3.65. The van der Waals surface area contributed by atoms with Crippen molar-refractivity contribution in [3.8, 4) is 0 Å². The van der Waals surface area contributed by atoms with E-state index in [4.69, 9.17) is 20.4 Å². The predicted molar refractivity (Wildman–Crippen MR) is 135 cm³/mol. The van der Waals surface area contributed by atoms with Crippen molar-refractivity contribution >= 4 is 28.4 Å². The van der Waals surface area contributed by atoms with Crippen LogP contribution in [0.25, 0.3) is 0 Å². The van der Waals surface area contributed by atoms with E-state index < -0.39 is 22.4 Å². The molecule has 4 aliphatic rings. The van der Waals surface area contributed by atoms with Gasteiger partial charge in [-0.3, -0.25) is 4.21 Å². The monoisotopic (exact) mass is 495 g/mol. The minimum Gasteiger partial charge on any atom is -0.447 e. The number of ether oxygens (including phenoxy) is 1. The number of nitrogens with two attached hydrogens (primary N) is 1. The second-order valence-corrected chi connectivity index (χ2v) is 12.7. The molecule has 3 N–H and O–H groups in total. The van der Waals surface area contributed by atoms with Gasteiger partial charge in [0.05, 0.1) is 22.0 Å². The van der Waals surface area contributed by atoms with Crippen molar-refractivity contribution in [1.29, 1.82) is 0 Å². The highest BCUT2D eigenvalue weighted by Gasteiger charge is 2.43. The number of aromatic nitrogens is 2. The van der Waals surface area contributed by atoms with Crippen LogP contribution in [-0.2, 0) is 34.8 Å². The van der Waals surface area contributed by atoms with Crippen LogP contribution in [0.5, 0.6) is 0 Å². The molecule has 9 heteroatoms. The van der Waals surface area contributed by atoms with Crippen LogP contribution in [-0.4, -0.2) is 51.3 Å². The van der Waals surface area contributed by atoms with Crippen molar-refractivity contribution in [3.05, 3.63) is 40.8 Å². The van der Waals surface area contributed by atoms with Crippen LogP contribution in [0.4, 0.5) is 16.3 Å². The van der Waals surface area contributed by atoms with Gasteiger partial charge in [0.25, 0.3) is 0 Å². The summed E-state index contributed by atoms with van der Waals surface area (Å²) in [5.41, 5.74) is 9.84. The van der Waals surface area contributed by atoms with Crippen molar-refractivity contribution in [2.75, 3.05) is 35.7 Å². The van der Waals surface area contributed by atoms with E-state index in [9.17, 15) is 9.00 Å². The molecule has 1 saturated heterocycles. The highest BCUT2D eigenvalue weighted by Crippen LogP contribution is 2.47. The molecule has 1 amide bonds. The van der Waals surface area contributed by atoms with E-state index in [0.29, 0.717) is 40.6 Å². The molecule has 2 aliphatic heterocycles. The number of benzene rings is 1. The number of nitrogens with zero attached hydrogens (tertiary/aromatic N) is 3. The second-order valence-electron chi connectivity index (χ2n) is 11.2. The van der Waals surface area contributed by atoms with Crippen LogP contribution in [0.3, 0.4) is 0 Å². The molecule has 1 aromatic carbocycles. The maximum Gasteiger partial charge on any atom is 0.404 e. The normalized spacial score (nSPS) is 26.6. The van der Waals surface area contributed by atoms with E-state index in [2.05, 4.69) is 28.4 Å². The molecular weight excluding hydrogens is 462 g/mol. The lowest BCUT2D eigenvalue weighted by Crippen LogP contribution is -2.39. The van der Waals surface area contributed by atoms with Crippen molar-refractivity contribution in [2.24, 2.45) is 17.6 Å². The van der Waals surface area contributed by atoms with E-state index in [0.717, 1.165) is 37.4 Å². The Morgan fingerprint density at radius 1 is 1.17 bits per heavy atom. The number of rotatable bonds is 6. The zero-order valence-electron chi connectivity index (χ0n) is 20.4. The molecule has 2 fully saturated rings. The number of nitrogens with one attached hydrogen (secondary N) is 1. The summed E-state index contributed by atoms with van der Waals surface area (Å²) in [7, 11) is -1.12. The molecule has 8 nitrogen and oxygen atoms in total. The molecule has 0 spiro atoms. The third-order valence-electron chi connectivity index (χ3n) is 8.07. The van der Waals surface area contributed by atoms with Gasteiger partial charge in [-0.2, -0.15) is 0 Å². The van der Waals surface area contributed by atoms with Crippen LogP contribution >= 0.6 is 0 Å². The largest absolute Gasteiger partial charge is 0.447 e. The van der Waals surface area contributed by atoms with E-state index in [-0.39, 0.29) is 6.61 Å². The lowest BCUT2D eigenvalue weighted by molar-refractivity contribution is 0.138. The quantitative estimate of drug-likeness (QED) is 0.633. The average molecular weight is 496 g/mol. The molecule has 186 valence electrons. The molecule has 0 bridgehead atoms. The Labute approximate surface area is 208 Å². The molecule has 1 unspecified atom stereocenters. The number of anilines is 2. The van der Waals surface area contributed by atoms with Gasteiger partial charge in [0, 0.05) is 36.9 Å². The Morgan fingerprint density at radius 2 is 1.91 bits per heavy atom. The van der Waals surface area contributed by atoms with Crippen molar-refractivity contribution < 1.29 is 13.7 Å². The van der Waals surface area contributed by atoms with Gasteiger partial charge in [-0.15, -0.1) is 0 Å². The lowest BCUT2D eigenvalue weighted by Gasteiger charge is -2.27. The summed E-state index contributed by atoms with van der Waals surface area (Å²) >= 11 is 0. The SMILES string of the molecule is CC(C)(COC(N)=O)Nc1nc(C2C[C@@H]3CN(c4ccc5c(c4)CC5)C[C@@H]3C2)nc2c1[S@@](=O)CC2. The van der Waals surface area contributed by atoms with E-state index in [1.165, 1.54) is 29.7 Å². The standard InChI is InChI=1S/C26H33N5O3S/c1-26(2,14-34-25(27)32)30-24-22-21(7-8-35(22)33)28-23(29-24)17-9-18-12-31(13-19(18)10-17)20-6-5-15-3-4-16(15)11-20/h5-6,11,17-19H,3-4,7-10,12-14H2,1-2H3,(H2,27,32)(H,28,29,30)/t17?,18-,19+,35-/m0/s1. The Kier molecular flexibility index (Phi) is 5.51. The third kappa shape index (κ3) is 4.28. The first-order valence-corrected chi connectivity index (χ1v) is 13.9. The number of fused-ring (bicyclic) bond motifs is 3. The van der Waals surface area contributed by atoms with Gasteiger partial charge in [-0.05, 0) is 74.6 Å². The molecule has 2 aliphatic carbocycles. The molecule has 4 atom stereocenters. The van der Waals surface area contributed by atoms with E-state index >= 15 is 0 Å². The summed E-state index contributed by atoms with van der Waals surface area (Å²) in [5, 5.41) is 3.38. The summed E-state index contributed by atoms with van der Waals surface area (Å²) in [6.45, 7) is 6.10. The Hall–Kier alpha value is -2.68. The van der Waals surface area contributed by atoms with Crippen LogP contribution < -0.4 is 16.0 Å². The van der Waals surface area contributed by atoms with Crippen molar-refractivity contribution in [3.63, 3.8) is 0 Å². The first-order chi connectivity index (χ1) is 16.8. The molecule has 6 rings (SSSR count). The fourth-order valence-corrected chi connectivity index (χ4v) is 7.50. The lowest BCUT2D eigenvalue weighted by atomic mass is 9.88. The van der Waals surface area contributed by atoms with Gasteiger partial charge >= 0.3 is 6.09 Å². The van der Waals surface area contributed by atoms with Gasteiger partial charge < -0.3 is 20.7 Å². The van der Waals surface area contributed by atoms with Crippen LogP contribution in [0.1, 0.15) is 55.3 Å². The Morgan fingerprint density at radius 3 is 2.57 bits per heavy atom. The highest BCUT2D eigenvalue weighted by atomic mass is 32.2. The molecule has 35 heavy (non-hydrogen) atoms. The molecule has 0 radical (unpaired) electrons. The minimum absolute atomic E-state index is 0.0924. The second kappa shape index (κ2) is 8.47. The maximum absolute atomic E-state index is 12.7. The predicted octanol–water partition coefficient (Wildman–Crippen LogP) is 3.15.